The Bertz CT molecular complexity index is 410. The average Bonchev–Trinajstić information content (AvgIpc) is 2.34. The third-order valence-electron chi connectivity index (χ3n) is 3.10. The molecule has 0 saturated carbocycles. The molecule has 0 bridgehead atoms. The van der Waals surface area contributed by atoms with Crippen LogP contribution in [0.4, 0.5) is 4.39 Å². The number of hydrogen-bond donors (Lipinski definition) is 1. The van der Waals surface area contributed by atoms with Crippen molar-refractivity contribution in [2.24, 2.45) is 11.7 Å². The highest BCUT2D eigenvalue weighted by molar-refractivity contribution is 9.10. The van der Waals surface area contributed by atoms with Crippen LogP contribution in [0.3, 0.4) is 0 Å². The van der Waals surface area contributed by atoms with Gasteiger partial charge in [-0.05, 0) is 40.9 Å². The first-order valence-corrected chi connectivity index (χ1v) is 6.74. The standard InChI is InChI=1S/C12H14BrClFNO/c13-9-5-11(15)8(4-10(9)14)12(16)7-2-1-3-17-6-7/h4-5,7,12H,1-3,6,16H2. The summed E-state index contributed by atoms with van der Waals surface area (Å²) in [5.74, 6) is -0.158. The van der Waals surface area contributed by atoms with Crippen LogP contribution < -0.4 is 5.73 Å². The van der Waals surface area contributed by atoms with Crippen molar-refractivity contribution in [1.82, 2.24) is 0 Å². The number of benzene rings is 1. The van der Waals surface area contributed by atoms with Crippen molar-refractivity contribution in [3.05, 3.63) is 33.0 Å². The third kappa shape index (κ3) is 2.99. The van der Waals surface area contributed by atoms with E-state index in [1.807, 2.05) is 0 Å². The maximum atomic E-state index is 13.8. The van der Waals surface area contributed by atoms with Gasteiger partial charge in [-0.15, -0.1) is 0 Å². The number of halogens is 3. The van der Waals surface area contributed by atoms with Gasteiger partial charge in [-0.2, -0.15) is 0 Å². The second-order valence-electron chi connectivity index (χ2n) is 4.29. The molecule has 2 rings (SSSR count). The molecule has 5 heteroatoms. The van der Waals surface area contributed by atoms with Crippen molar-refractivity contribution in [1.29, 1.82) is 0 Å². The Morgan fingerprint density at radius 1 is 1.53 bits per heavy atom. The van der Waals surface area contributed by atoms with E-state index in [1.165, 1.54) is 6.07 Å². The Hall–Kier alpha value is -0.160. The minimum atomic E-state index is -0.360. The van der Waals surface area contributed by atoms with Crippen molar-refractivity contribution in [2.45, 2.75) is 18.9 Å². The second kappa shape index (κ2) is 5.65. The van der Waals surface area contributed by atoms with E-state index in [4.69, 9.17) is 22.1 Å². The van der Waals surface area contributed by atoms with Gasteiger partial charge in [0.25, 0.3) is 0 Å². The van der Waals surface area contributed by atoms with Gasteiger partial charge in [-0.25, -0.2) is 4.39 Å². The normalized spacial score (nSPS) is 22.5. The zero-order valence-corrected chi connectivity index (χ0v) is 11.6. The van der Waals surface area contributed by atoms with Crippen molar-refractivity contribution >= 4 is 27.5 Å². The molecule has 2 N–H and O–H groups in total. The zero-order valence-electron chi connectivity index (χ0n) is 9.26. The highest BCUT2D eigenvalue weighted by Crippen LogP contribution is 2.33. The molecule has 0 aliphatic carbocycles. The van der Waals surface area contributed by atoms with E-state index in [1.54, 1.807) is 6.07 Å². The lowest BCUT2D eigenvalue weighted by molar-refractivity contribution is 0.0443. The predicted molar refractivity (Wildman–Crippen MR) is 69.6 cm³/mol. The minimum Gasteiger partial charge on any atom is -0.381 e. The van der Waals surface area contributed by atoms with Gasteiger partial charge in [-0.1, -0.05) is 11.6 Å². The summed E-state index contributed by atoms with van der Waals surface area (Å²) in [6.45, 7) is 1.36. The van der Waals surface area contributed by atoms with Crippen LogP contribution in [0.1, 0.15) is 24.4 Å². The molecule has 1 aromatic rings. The van der Waals surface area contributed by atoms with E-state index < -0.39 is 0 Å². The summed E-state index contributed by atoms with van der Waals surface area (Å²) in [4.78, 5) is 0. The SMILES string of the molecule is NC(c1cc(Cl)c(Br)cc1F)C1CCCOC1. The molecular formula is C12H14BrClFNO. The topological polar surface area (TPSA) is 35.2 Å². The smallest absolute Gasteiger partial charge is 0.129 e. The summed E-state index contributed by atoms with van der Waals surface area (Å²) in [5, 5.41) is 0.480. The maximum Gasteiger partial charge on any atom is 0.129 e. The first-order chi connectivity index (χ1) is 8.09. The molecular weight excluding hydrogens is 308 g/mol. The molecule has 0 spiro atoms. The maximum absolute atomic E-state index is 13.8. The number of hydrogen-bond acceptors (Lipinski definition) is 2. The third-order valence-corrected chi connectivity index (χ3v) is 4.30. The average molecular weight is 323 g/mol. The predicted octanol–water partition coefficient (Wildman–Crippen LogP) is 3.67. The quantitative estimate of drug-likeness (QED) is 0.843. The fraction of sp³-hybridized carbons (Fsp3) is 0.500. The number of rotatable bonds is 2. The molecule has 1 saturated heterocycles. The first kappa shape index (κ1) is 13.3. The molecule has 2 nitrogen and oxygen atoms in total. The Morgan fingerprint density at radius 2 is 2.29 bits per heavy atom. The largest absolute Gasteiger partial charge is 0.381 e. The monoisotopic (exact) mass is 321 g/mol. The van der Waals surface area contributed by atoms with Gasteiger partial charge in [0.2, 0.25) is 0 Å². The molecule has 1 heterocycles. The highest BCUT2D eigenvalue weighted by Gasteiger charge is 2.25. The van der Waals surface area contributed by atoms with Crippen molar-refractivity contribution < 1.29 is 9.13 Å². The highest BCUT2D eigenvalue weighted by atomic mass is 79.9. The summed E-state index contributed by atoms with van der Waals surface area (Å²) < 4.78 is 19.7. The molecule has 0 amide bonds. The fourth-order valence-electron chi connectivity index (χ4n) is 2.10. The van der Waals surface area contributed by atoms with Crippen LogP contribution >= 0.6 is 27.5 Å². The van der Waals surface area contributed by atoms with Crippen LogP contribution in [0, 0.1) is 11.7 Å². The Balaban J connectivity index is 2.23. The Kier molecular flexibility index (Phi) is 4.42. The van der Waals surface area contributed by atoms with Crippen LogP contribution in [0.15, 0.2) is 16.6 Å². The van der Waals surface area contributed by atoms with E-state index in [2.05, 4.69) is 15.9 Å². The van der Waals surface area contributed by atoms with Crippen LogP contribution in [0.5, 0.6) is 0 Å². The molecule has 2 atom stereocenters. The zero-order chi connectivity index (χ0) is 12.4. The van der Waals surface area contributed by atoms with Gasteiger partial charge in [0.15, 0.2) is 0 Å². The summed E-state index contributed by atoms with van der Waals surface area (Å²) in [7, 11) is 0. The van der Waals surface area contributed by atoms with Crippen LogP contribution in [0.2, 0.25) is 5.02 Å². The van der Waals surface area contributed by atoms with E-state index in [0.29, 0.717) is 21.7 Å². The molecule has 17 heavy (non-hydrogen) atoms. The number of nitrogens with two attached hydrogens (primary N) is 1. The molecule has 1 aliphatic rings. The van der Waals surface area contributed by atoms with Gasteiger partial charge in [0.05, 0.1) is 11.6 Å². The number of ether oxygens (including phenoxy) is 1. The van der Waals surface area contributed by atoms with E-state index >= 15 is 0 Å². The molecule has 2 unspecified atom stereocenters. The summed E-state index contributed by atoms with van der Waals surface area (Å²) in [5.41, 5.74) is 6.56. The molecule has 0 aromatic heterocycles. The summed E-state index contributed by atoms with van der Waals surface area (Å²) in [6.07, 6.45) is 1.94. The van der Waals surface area contributed by atoms with Crippen molar-refractivity contribution in [2.75, 3.05) is 13.2 Å². The minimum absolute atomic E-state index is 0.162. The lowest BCUT2D eigenvalue weighted by Crippen LogP contribution is -2.29. The lowest BCUT2D eigenvalue weighted by Gasteiger charge is -2.28. The van der Waals surface area contributed by atoms with Crippen LogP contribution in [0.25, 0.3) is 0 Å². The van der Waals surface area contributed by atoms with E-state index in [-0.39, 0.29) is 17.8 Å². The van der Waals surface area contributed by atoms with Gasteiger partial charge in [-0.3, -0.25) is 0 Å². The fourth-order valence-corrected chi connectivity index (χ4v) is 2.58. The molecule has 1 aliphatic heterocycles. The second-order valence-corrected chi connectivity index (χ2v) is 5.55. The molecule has 94 valence electrons. The van der Waals surface area contributed by atoms with Crippen molar-refractivity contribution in [3.8, 4) is 0 Å². The van der Waals surface area contributed by atoms with Gasteiger partial charge < -0.3 is 10.5 Å². The summed E-state index contributed by atoms with van der Waals surface area (Å²) >= 11 is 9.16. The van der Waals surface area contributed by atoms with Crippen LogP contribution in [-0.2, 0) is 4.74 Å². The first-order valence-electron chi connectivity index (χ1n) is 5.57. The molecule has 1 aromatic carbocycles. The van der Waals surface area contributed by atoms with Gasteiger partial charge in [0.1, 0.15) is 5.82 Å². The van der Waals surface area contributed by atoms with Crippen LogP contribution in [-0.4, -0.2) is 13.2 Å². The van der Waals surface area contributed by atoms with E-state index in [0.717, 1.165) is 19.4 Å². The summed E-state index contributed by atoms with van der Waals surface area (Å²) in [6, 6.07) is 2.60. The lowest BCUT2D eigenvalue weighted by atomic mass is 9.89. The Morgan fingerprint density at radius 3 is 2.94 bits per heavy atom. The Labute approximate surface area is 113 Å². The molecule has 1 fully saturated rings. The molecule has 0 radical (unpaired) electrons. The van der Waals surface area contributed by atoms with E-state index in [9.17, 15) is 4.39 Å². The van der Waals surface area contributed by atoms with Gasteiger partial charge >= 0.3 is 0 Å². The van der Waals surface area contributed by atoms with Crippen molar-refractivity contribution in [3.63, 3.8) is 0 Å². The van der Waals surface area contributed by atoms with Gasteiger partial charge in [0, 0.05) is 28.6 Å².